The maximum absolute atomic E-state index is 13.7. The van der Waals surface area contributed by atoms with Crippen LogP contribution in [0.4, 0.5) is 4.39 Å². The Bertz CT molecular complexity index is 870. The van der Waals surface area contributed by atoms with Gasteiger partial charge < -0.3 is 9.67 Å². The van der Waals surface area contributed by atoms with Gasteiger partial charge in [-0.1, -0.05) is 11.6 Å². The van der Waals surface area contributed by atoms with Crippen LogP contribution < -0.4 is 5.43 Å². The SMILES string of the molecule is O=C(O)CC(=O)c1cn(C2CC2)c2cc(Cl)c(F)cc2c1=O. The molecule has 1 aromatic heterocycles. The standard InChI is InChI=1S/C15H11ClFNO4/c16-10-4-12-8(3-11(10)17)15(22)9(13(19)5-14(20)21)6-18(12)7-1-2-7/h3-4,6-7H,1-2,5H2,(H,20,21). The first-order chi connectivity index (χ1) is 10.4. The van der Waals surface area contributed by atoms with E-state index in [0.29, 0.717) is 5.52 Å². The second-order valence-corrected chi connectivity index (χ2v) is 5.69. The Kier molecular flexibility index (Phi) is 3.48. The summed E-state index contributed by atoms with van der Waals surface area (Å²) in [5.74, 6) is -2.86. The molecule has 0 aliphatic heterocycles. The Balaban J connectivity index is 2.29. The molecule has 5 nitrogen and oxygen atoms in total. The summed E-state index contributed by atoms with van der Waals surface area (Å²) < 4.78 is 15.4. The van der Waals surface area contributed by atoms with Gasteiger partial charge in [-0.25, -0.2) is 4.39 Å². The van der Waals surface area contributed by atoms with Gasteiger partial charge in [-0.15, -0.1) is 0 Å². The van der Waals surface area contributed by atoms with Gasteiger partial charge in [0.15, 0.2) is 11.2 Å². The number of hydrogen-bond acceptors (Lipinski definition) is 3. The molecule has 0 atom stereocenters. The van der Waals surface area contributed by atoms with Crippen LogP contribution in [-0.2, 0) is 4.79 Å². The fraction of sp³-hybridized carbons (Fsp3) is 0.267. The lowest BCUT2D eigenvalue weighted by atomic mass is 10.1. The molecule has 22 heavy (non-hydrogen) atoms. The first kappa shape index (κ1) is 14.7. The number of carbonyl (C=O) groups is 2. The van der Waals surface area contributed by atoms with Crippen molar-refractivity contribution in [3.05, 3.63) is 45.0 Å². The number of halogens is 2. The van der Waals surface area contributed by atoms with E-state index in [9.17, 15) is 18.8 Å². The van der Waals surface area contributed by atoms with Crippen molar-refractivity contribution in [2.45, 2.75) is 25.3 Å². The van der Waals surface area contributed by atoms with Crippen molar-refractivity contribution >= 4 is 34.3 Å². The summed E-state index contributed by atoms with van der Waals surface area (Å²) >= 11 is 5.77. The van der Waals surface area contributed by atoms with Crippen molar-refractivity contribution in [1.29, 1.82) is 0 Å². The summed E-state index contributed by atoms with van der Waals surface area (Å²) in [5, 5.41) is 8.64. The van der Waals surface area contributed by atoms with Crippen LogP contribution in [0.2, 0.25) is 5.02 Å². The molecule has 3 rings (SSSR count). The van der Waals surface area contributed by atoms with Crippen LogP contribution in [0.5, 0.6) is 0 Å². The second kappa shape index (κ2) is 5.21. The smallest absolute Gasteiger partial charge is 0.311 e. The third-order valence-electron chi connectivity index (χ3n) is 3.63. The largest absolute Gasteiger partial charge is 0.481 e. The van der Waals surface area contributed by atoms with Gasteiger partial charge in [-0.05, 0) is 25.0 Å². The first-order valence-electron chi connectivity index (χ1n) is 6.67. The van der Waals surface area contributed by atoms with Gasteiger partial charge in [0, 0.05) is 17.6 Å². The van der Waals surface area contributed by atoms with E-state index in [1.54, 1.807) is 4.57 Å². The lowest BCUT2D eigenvalue weighted by Crippen LogP contribution is -2.21. The Labute approximate surface area is 128 Å². The predicted octanol–water partition coefficient (Wildman–Crippen LogP) is 2.79. The van der Waals surface area contributed by atoms with E-state index in [4.69, 9.17) is 16.7 Å². The maximum atomic E-state index is 13.7. The minimum absolute atomic E-state index is 0.0324. The summed E-state index contributed by atoms with van der Waals surface area (Å²) in [6.45, 7) is 0. The summed E-state index contributed by atoms with van der Waals surface area (Å²) in [6, 6.07) is 2.47. The van der Waals surface area contributed by atoms with Crippen LogP contribution in [0.1, 0.15) is 35.7 Å². The molecule has 1 aromatic carbocycles. The van der Waals surface area contributed by atoms with E-state index >= 15 is 0 Å². The number of carboxylic acid groups (broad SMARTS) is 1. The van der Waals surface area contributed by atoms with E-state index in [2.05, 4.69) is 0 Å². The number of carbonyl (C=O) groups excluding carboxylic acids is 1. The third-order valence-corrected chi connectivity index (χ3v) is 3.92. The molecule has 1 heterocycles. The van der Waals surface area contributed by atoms with Crippen LogP contribution >= 0.6 is 11.6 Å². The summed E-state index contributed by atoms with van der Waals surface area (Å²) in [4.78, 5) is 35.0. The molecule has 0 spiro atoms. The van der Waals surface area contributed by atoms with Crippen LogP contribution in [0.25, 0.3) is 10.9 Å². The fourth-order valence-corrected chi connectivity index (χ4v) is 2.59. The van der Waals surface area contributed by atoms with Gasteiger partial charge in [-0.3, -0.25) is 14.4 Å². The van der Waals surface area contributed by atoms with Crippen molar-refractivity contribution < 1.29 is 19.1 Å². The van der Waals surface area contributed by atoms with E-state index < -0.39 is 29.4 Å². The molecule has 0 saturated heterocycles. The molecular weight excluding hydrogens is 313 g/mol. The molecule has 1 N–H and O–H groups in total. The monoisotopic (exact) mass is 323 g/mol. The van der Waals surface area contributed by atoms with Crippen LogP contribution in [0, 0.1) is 5.82 Å². The number of aromatic nitrogens is 1. The molecule has 0 bridgehead atoms. The Morgan fingerprint density at radius 3 is 2.64 bits per heavy atom. The van der Waals surface area contributed by atoms with Gasteiger partial charge >= 0.3 is 5.97 Å². The van der Waals surface area contributed by atoms with Gasteiger partial charge in [0.05, 0.1) is 16.1 Å². The number of aliphatic carboxylic acids is 1. The number of pyridine rings is 1. The zero-order valence-electron chi connectivity index (χ0n) is 11.3. The lowest BCUT2D eigenvalue weighted by Gasteiger charge is -2.12. The summed E-state index contributed by atoms with van der Waals surface area (Å²) in [6.07, 6.45) is 2.34. The number of benzene rings is 1. The minimum Gasteiger partial charge on any atom is -0.481 e. The minimum atomic E-state index is -1.32. The Morgan fingerprint density at radius 2 is 2.05 bits per heavy atom. The average Bonchev–Trinajstić information content (AvgIpc) is 3.25. The maximum Gasteiger partial charge on any atom is 0.311 e. The molecule has 0 unspecified atom stereocenters. The number of ketones is 1. The van der Waals surface area contributed by atoms with E-state index in [0.717, 1.165) is 18.9 Å². The number of hydrogen-bond donors (Lipinski definition) is 1. The zero-order valence-corrected chi connectivity index (χ0v) is 12.1. The average molecular weight is 324 g/mol. The number of nitrogens with zero attached hydrogens (tertiary/aromatic N) is 1. The normalized spacial score (nSPS) is 14.3. The molecule has 0 radical (unpaired) electrons. The van der Waals surface area contributed by atoms with Gasteiger partial charge in [0.2, 0.25) is 0 Å². The molecule has 2 aromatic rings. The van der Waals surface area contributed by atoms with E-state index in [1.807, 2.05) is 0 Å². The molecular formula is C15H11ClFNO4. The molecule has 7 heteroatoms. The van der Waals surface area contributed by atoms with Crippen LogP contribution in [-0.4, -0.2) is 21.4 Å². The van der Waals surface area contributed by atoms with E-state index in [-0.39, 0.29) is 22.0 Å². The second-order valence-electron chi connectivity index (χ2n) is 5.29. The highest BCUT2D eigenvalue weighted by molar-refractivity contribution is 6.31. The third kappa shape index (κ3) is 2.50. The van der Waals surface area contributed by atoms with Crippen molar-refractivity contribution in [2.75, 3.05) is 0 Å². The van der Waals surface area contributed by atoms with Crippen molar-refractivity contribution in [3.8, 4) is 0 Å². The highest BCUT2D eigenvalue weighted by Gasteiger charge is 2.27. The summed E-state index contributed by atoms with van der Waals surface area (Å²) in [5.41, 5.74) is -0.456. The molecule has 1 fully saturated rings. The van der Waals surface area contributed by atoms with Crippen molar-refractivity contribution in [2.24, 2.45) is 0 Å². The van der Waals surface area contributed by atoms with Crippen LogP contribution in [0.3, 0.4) is 0 Å². The molecule has 1 aliphatic carbocycles. The Morgan fingerprint density at radius 1 is 1.36 bits per heavy atom. The van der Waals surface area contributed by atoms with Gasteiger partial charge in [-0.2, -0.15) is 0 Å². The quantitative estimate of drug-likeness (QED) is 0.693. The summed E-state index contributed by atoms with van der Waals surface area (Å²) in [7, 11) is 0. The topological polar surface area (TPSA) is 76.4 Å². The van der Waals surface area contributed by atoms with Crippen molar-refractivity contribution in [1.82, 2.24) is 4.57 Å². The molecule has 114 valence electrons. The molecule has 0 amide bonds. The van der Waals surface area contributed by atoms with Gasteiger partial charge in [0.25, 0.3) is 0 Å². The predicted molar refractivity (Wildman–Crippen MR) is 78.0 cm³/mol. The number of Topliss-reactive ketones (excluding diaryl/α,β-unsaturated/α-hetero) is 1. The lowest BCUT2D eigenvalue weighted by molar-refractivity contribution is -0.135. The number of fused-ring (bicyclic) bond motifs is 1. The first-order valence-corrected chi connectivity index (χ1v) is 7.05. The number of rotatable bonds is 4. The zero-order chi connectivity index (χ0) is 16.0. The number of carboxylic acids is 1. The van der Waals surface area contributed by atoms with Crippen molar-refractivity contribution in [3.63, 3.8) is 0 Å². The highest BCUT2D eigenvalue weighted by Crippen LogP contribution is 2.37. The molecule has 1 saturated carbocycles. The highest BCUT2D eigenvalue weighted by atomic mass is 35.5. The van der Waals surface area contributed by atoms with Gasteiger partial charge in [0.1, 0.15) is 12.2 Å². The van der Waals surface area contributed by atoms with Crippen LogP contribution in [0.15, 0.2) is 23.1 Å². The van der Waals surface area contributed by atoms with E-state index in [1.165, 1.54) is 12.3 Å². The Hall–Kier alpha value is -2.21. The fourth-order valence-electron chi connectivity index (χ4n) is 2.43. The molecule has 1 aliphatic rings.